The van der Waals surface area contributed by atoms with Crippen molar-refractivity contribution in [1.29, 1.82) is 0 Å². The third-order valence-corrected chi connectivity index (χ3v) is 3.89. The second kappa shape index (κ2) is 8.13. The smallest absolute Gasteiger partial charge is 0.410 e. The average Bonchev–Trinajstić information content (AvgIpc) is 2.54. The number of pyridine rings is 1. The van der Waals surface area contributed by atoms with E-state index in [9.17, 15) is 14.9 Å². The minimum absolute atomic E-state index is 0.00590. The molecule has 2 rings (SSSR count). The molecule has 0 spiro atoms. The number of carbonyl (C=O) groups excluding carboxylic acids is 1. The van der Waals surface area contributed by atoms with E-state index in [1.165, 1.54) is 18.3 Å². The molecule has 2 heterocycles. The van der Waals surface area contributed by atoms with E-state index in [-0.39, 0.29) is 30.3 Å². The van der Waals surface area contributed by atoms with Crippen LogP contribution in [0, 0.1) is 10.1 Å². The van der Waals surface area contributed by atoms with Crippen LogP contribution < -0.4 is 4.74 Å². The molecule has 1 fully saturated rings. The number of rotatable bonds is 5. The Morgan fingerprint density at radius 2 is 2.20 bits per heavy atom. The van der Waals surface area contributed by atoms with Gasteiger partial charge in [0.05, 0.1) is 11.5 Å². The summed E-state index contributed by atoms with van der Waals surface area (Å²) in [5, 5.41) is 11.0. The largest absolute Gasteiger partial charge is 0.473 e. The summed E-state index contributed by atoms with van der Waals surface area (Å²) >= 11 is 0. The molecule has 1 amide bonds. The van der Waals surface area contributed by atoms with Crippen LogP contribution in [-0.4, -0.2) is 45.7 Å². The van der Waals surface area contributed by atoms with E-state index in [1.807, 2.05) is 20.8 Å². The van der Waals surface area contributed by atoms with Crippen molar-refractivity contribution in [1.82, 2.24) is 9.88 Å². The number of nitro groups is 1. The van der Waals surface area contributed by atoms with Crippen molar-refractivity contribution in [2.75, 3.05) is 13.2 Å². The monoisotopic (exact) mass is 351 g/mol. The maximum Gasteiger partial charge on any atom is 0.410 e. The molecule has 138 valence electrons. The van der Waals surface area contributed by atoms with Gasteiger partial charge in [-0.1, -0.05) is 0 Å². The topological polar surface area (TPSA) is 94.8 Å². The van der Waals surface area contributed by atoms with E-state index in [4.69, 9.17) is 9.47 Å². The first-order valence-electron chi connectivity index (χ1n) is 8.50. The number of carbonyl (C=O) groups is 1. The van der Waals surface area contributed by atoms with E-state index < -0.39 is 10.5 Å². The lowest BCUT2D eigenvalue weighted by Gasteiger charge is -2.36. The first kappa shape index (κ1) is 19.0. The van der Waals surface area contributed by atoms with Crippen molar-refractivity contribution >= 4 is 11.8 Å². The molecule has 1 aromatic heterocycles. The van der Waals surface area contributed by atoms with Crippen molar-refractivity contribution in [2.45, 2.75) is 58.1 Å². The highest BCUT2D eigenvalue weighted by atomic mass is 16.6. The zero-order chi connectivity index (χ0) is 18.4. The Bertz CT molecular complexity index is 615. The van der Waals surface area contributed by atoms with Gasteiger partial charge in [-0.15, -0.1) is 0 Å². The van der Waals surface area contributed by atoms with Crippen LogP contribution in [-0.2, 0) is 4.74 Å². The number of hydrogen-bond donors (Lipinski definition) is 0. The molecule has 8 heteroatoms. The standard InChI is InChI=1S/C17H25N3O5/c1-17(2,3)25-16(21)19-11-5-4-7-13(19)9-12-24-15-14(20(22)23)8-6-10-18-15/h6,8,10,13H,4-5,7,9,11-12H2,1-3H3/t13-/m0/s1. The SMILES string of the molecule is CC(C)(C)OC(=O)N1CCCC[C@H]1CCOc1ncccc1[N+](=O)[O-]. The fraction of sp³-hybridized carbons (Fsp3) is 0.647. The van der Waals surface area contributed by atoms with E-state index >= 15 is 0 Å². The normalized spacial score (nSPS) is 17.9. The van der Waals surface area contributed by atoms with Crippen molar-refractivity contribution in [2.24, 2.45) is 0 Å². The summed E-state index contributed by atoms with van der Waals surface area (Å²) in [7, 11) is 0. The van der Waals surface area contributed by atoms with Gasteiger partial charge in [0.15, 0.2) is 0 Å². The van der Waals surface area contributed by atoms with Gasteiger partial charge in [0, 0.05) is 31.3 Å². The maximum atomic E-state index is 12.4. The van der Waals surface area contributed by atoms with Crippen LogP contribution >= 0.6 is 0 Å². The fourth-order valence-corrected chi connectivity index (χ4v) is 2.79. The van der Waals surface area contributed by atoms with Gasteiger partial charge in [0.2, 0.25) is 0 Å². The summed E-state index contributed by atoms with van der Waals surface area (Å²) in [6.45, 7) is 6.43. The molecule has 0 radical (unpaired) electrons. The summed E-state index contributed by atoms with van der Waals surface area (Å²) in [6, 6.07) is 2.86. The van der Waals surface area contributed by atoms with Crippen molar-refractivity contribution in [3.8, 4) is 5.88 Å². The number of nitrogens with zero attached hydrogens (tertiary/aromatic N) is 3. The van der Waals surface area contributed by atoms with Gasteiger partial charge in [0.25, 0.3) is 5.88 Å². The van der Waals surface area contributed by atoms with Gasteiger partial charge in [-0.3, -0.25) is 10.1 Å². The van der Waals surface area contributed by atoms with Crippen LogP contribution in [0.5, 0.6) is 5.88 Å². The predicted octanol–water partition coefficient (Wildman–Crippen LogP) is 3.55. The van der Waals surface area contributed by atoms with E-state index in [0.717, 1.165) is 19.3 Å². The lowest BCUT2D eigenvalue weighted by atomic mass is 10.0. The summed E-state index contributed by atoms with van der Waals surface area (Å²) in [5.74, 6) is 0.00660. The fourth-order valence-electron chi connectivity index (χ4n) is 2.79. The zero-order valence-corrected chi connectivity index (χ0v) is 14.9. The van der Waals surface area contributed by atoms with Gasteiger partial charge in [-0.25, -0.2) is 9.78 Å². The number of likely N-dealkylation sites (tertiary alicyclic amines) is 1. The minimum Gasteiger partial charge on any atom is -0.473 e. The van der Waals surface area contributed by atoms with Crippen LogP contribution in [0.1, 0.15) is 46.5 Å². The molecular weight excluding hydrogens is 326 g/mol. The molecule has 0 bridgehead atoms. The van der Waals surface area contributed by atoms with Crippen LogP contribution in [0.25, 0.3) is 0 Å². The molecule has 1 aliphatic rings. The van der Waals surface area contributed by atoms with Crippen LogP contribution in [0.4, 0.5) is 10.5 Å². The van der Waals surface area contributed by atoms with Crippen molar-refractivity contribution in [3.63, 3.8) is 0 Å². The average molecular weight is 351 g/mol. The second-order valence-electron chi connectivity index (χ2n) is 7.05. The highest BCUT2D eigenvalue weighted by Crippen LogP contribution is 2.25. The Morgan fingerprint density at radius 1 is 1.44 bits per heavy atom. The molecule has 0 unspecified atom stereocenters. The Labute approximate surface area is 147 Å². The third kappa shape index (κ3) is 5.58. The molecule has 1 atom stereocenters. The summed E-state index contributed by atoms with van der Waals surface area (Å²) < 4.78 is 11.0. The summed E-state index contributed by atoms with van der Waals surface area (Å²) in [5.41, 5.74) is -0.695. The molecule has 1 aromatic rings. The Balaban J connectivity index is 1.94. The summed E-state index contributed by atoms with van der Waals surface area (Å²) in [4.78, 5) is 28.5. The minimum atomic E-state index is -0.538. The zero-order valence-electron chi connectivity index (χ0n) is 14.9. The molecule has 0 saturated carbocycles. The molecule has 8 nitrogen and oxygen atoms in total. The second-order valence-corrected chi connectivity index (χ2v) is 7.05. The third-order valence-electron chi connectivity index (χ3n) is 3.89. The van der Waals surface area contributed by atoms with Gasteiger partial charge in [-0.2, -0.15) is 0 Å². The number of hydrogen-bond acceptors (Lipinski definition) is 6. The highest BCUT2D eigenvalue weighted by molar-refractivity contribution is 5.68. The molecular formula is C17H25N3O5. The van der Waals surface area contributed by atoms with Crippen molar-refractivity contribution in [3.05, 3.63) is 28.4 Å². The Morgan fingerprint density at radius 3 is 2.88 bits per heavy atom. The maximum absolute atomic E-state index is 12.4. The quantitative estimate of drug-likeness (QED) is 0.595. The van der Waals surface area contributed by atoms with Gasteiger partial charge in [0.1, 0.15) is 5.60 Å². The van der Waals surface area contributed by atoms with Crippen LogP contribution in [0.15, 0.2) is 18.3 Å². The van der Waals surface area contributed by atoms with Gasteiger partial charge < -0.3 is 14.4 Å². The predicted molar refractivity (Wildman–Crippen MR) is 91.6 cm³/mol. The number of aromatic nitrogens is 1. The molecule has 25 heavy (non-hydrogen) atoms. The van der Waals surface area contributed by atoms with Crippen molar-refractivity contribution < 1.29 is 19.2 Å². The van der Waals surface area contributed by atoms with Gasteiger partial charge in [-0.05, 0) is 46.1 Å². The molecule has 0 aromatic carbocycles. The van der Waals surface area contributed by atoms with E-state index in [0.29, 0.717) is 13.0 Å². The number of piperidine rings is 1. The Hall–Kier alpha value is -2.38. The van der Waals surface area contributed by atoms with E-state index in [2.05, 4.69) is 4.98 Å². The first-order chi connectivity index (χ1) is 11.8. The number of amides is 1. The molecule has 1 aliphatic heterocycles. The van der Waals surface area contributed by atoms with E-state index in [1.54, 1.807) is 4.90 Å². The lowest BCUT2D eigenvalue weighted by Crippen LogP contribution is -2.46. The Kier molecular flexibility index (Phi) is 6.17. The molecule has 0 N–H and O–H groups in total. The molecule has 1 saturated heterocycles. The van der Waals surface area contributed by atoms with Crippen LogP contribution in [0.2, 0.25) is 0 Å². The molecule has 0 aliphatic carbocycles. The van der Waals surface area contributed by atoms with Crippen LogP contribution in [0.3, 0.4) is 0 Å². The summed E-state index contributed by atoms with van der Waals surface area (Å²) in [6.07, 6.45) is 4.56. The first-order valence-corrected chi connectivity index (χ1v) is 8.50. The van der Waals surface area contributed by atoms with Gasteiger partial charge >= 0.3 is 11.8 Å². The highest BCUT2D eigenvalue weighted by Gasteiger charge is 2.30. The number of ether oxygens (including phenoxy) is 2. The lowest BCUT2D eigenvalue weighted by molar-refractivity contribution is -0.386.